The van der Waals surface area contributed by atoms with E-state index in [0.717, 1.165) is 25.2 Å². The van der Waals surface area contributed by atoms with Crippen LogP contribution in [0.3, 0.4) is 0 Å². The molecule has 0 bridgehead atoms. The van der Waals surface area contributed by atoms with Gasteiger partial charge < -0.3 is 9.47 Å². The van der Waals surface area contributed by atoms with Gasteiger partial charge in [0, 0.05) is 12.7 Å². The number of rotatable bonds is 1. The van der Waals surface area contributed by atoms with Crippen molar-refractivity contribution >= 4 is 0 Å². The third kappa shape index (κ3) is 1.75. The number of hydrogen-bond donors (Lipinski definition) is 0. The quantitative estimate of drug-likeness (QED) is 0.681. The van der Waals surface area contributed by atoms with E-state index in [1.807, 2.05) is 6.07 Å². The maximum Gasteiger partial charge on any atom is 0.125 e. The summed E-state index contributed by atoms with van der Waals surface area (Å²) in [6.45, 7) is 2.90. The zero-order chi connectivity index (χ0) is 9.97. The summed E-state index contributed by atoms with van der Waals surface area (Å²) in [7, 11) is 1.77. The van der Waals surface area contributed by atoms with E-state index < -0.39 is 0 Å². The molecule has 2 nitrogen and oxygen atoms in total. The maximum absolute atomic E-state index is 5.66. The van der Waals surface area contributed by atoms with Crippen LogP contribution in [-0.2, 0) is 4.74 Å². The number of methoxy groups -OCH3 is 1. The maximum atomic E-state index is 5.66. The second-order valence-electron chi connectivity index (χ2n) is 3.76. The zero-order valence-corrected chi connectivity index (χ0v) is 8.75. The number of aryl methyl sites for hydroxylation is 1. The van der Waals surface area contributed by atoms with Crippen molar-refractivity contribution in [3.63, 3.8) is 0 Å². The van der Waals surface area contributed by atoms with Gasteiger partial charge in [-0.1, -0.05) is 11.6 Å². The molecule has 2 rings (SSSR count). The Bertz CT molecular complexity index is 320. The van der Waals surface area contributed by atoms with Crippen LogP contribution in [0, 0.1) is 6.92 Å². The summed E-state index contributed by atoms with van der Waals surface area (Å²) >= 11 is 0. The van der Waals surface area contributed by atoms with Gasteiger partial charge in [-0.2, -0.15) is 0 Å². The lowest BCUT2D eigenvalue weighted by atomic mass is 10.0. The molecule has 0 spiro atoms. The summed E-state index contributed by atoms with van der Waals surface area (Å²) in [6, 6.07) is 6.29. The van der Waals surface area contributed by atoms with Gasteiger partial charge >= 0.3 is 0 Å². The summed E-state index contributed by atoms with van der Waals surface area (Å²) in [5.74, 6) is 0.986. The second-order valence-corrected chi connectivity index (χ2v) is 3.76. The van der Waals surface area contributed by atoms with E-state index in [-0.39, 0.29) is 6.10 Å². The van der Waals surface area contributed by atoms with Gasteiger partial charge in [-0.25, -0.2) is 0 Å². The standard InChI is InChI=1S/C12H16O2/c1-9-5-6-12-10(8-9)11(13-2)4-3-7-14-12/h5-6,8,11H,3-4,7H2,1-2H3. The molecule has 0 N–H and O–H groups in total. The molecule has 1 aliphatic heterocycles. The third-order valence-corrected chi connectivity index (χ3v) is 2.66. The average molecular weight is 192 g/mol. The van der Waals surface area contributed by atoms with Crippen LogP contribution in [0.15, 0.2) is 18.2 Å². The predicted octanol–water partition coefficient (Wildman–Crippen LogP) is 2.86. The lowest BCUT2D eigenvalue weighted by molar-refractivity contribution is 0.0960. The lowest BCUT2D eigenvalue weighted by Gasteiger charge is -2.15. The molecule has 0 aliphatic carbocycles. The highest BCUT2D eigenvalue weighted by molar-refractivity contribution is 5.39. The van der Waals surface area contributed by atoms with Crippen LogP contribution in [0.25, 0.3) is 0 Å². The Balaban J connectivity index is 2.40. The van der Waals surface area contributed by atoms with Crippen LogP contribution < -0.4 is 4.74 Å². The van der Waals surface area contributed by atoms with Crippen molar-refractivity contribution in [1.82, 2.24) is 0 Å². The molecule has 1 heterocycles. The summed E-state index contributed by atoms with van der Waals surface area (Å²) in [4.78, 5) is 0. The fourth-order valence-corrected chi connectivity index (χ4v) is 1.90. The summed E-state index contributed by atoms with van der Waals surface area (Å²) in [5, 5.41) is 0. The molecule has 0 fully saturated rings. The molecule has 76 valence electrons. The minimum atomic E-state index is 0.201. The number of ether oxygens (including phenoxy) is 2. The molecule has 14 heavy (non-hydrogen) atoms. The smallest absolute Gasteiger partial charge is 0.125 e. The van der Waals surface area contributed by atoms with Gasteiger partial charge in [0.25, 0.3) is 0 Å². The van der Waals surface area contributed by atoms with Crippen molar-refractivity contribution in [2.75, 3.05) is 13.7 Å². The van der Waals surface area contributed by atoms with E-state index >= 15 is 0 Å². The minimum absolute atomic E-state index is 0.201. The SMILES string of the molecule is COC1CCCOc2ccc(C)cc21. The van der Waals surface area contributed by atoms with E-state index in [0.29, 0.717) is 0 Å². The van der Waals surface area contributed by atoms with Crippen LogP contribution >= 0.6 is 0 Å². The Hall–Kier alpha value is -1.02. The normalized spacial score (nSPS) is 20.9. The third-order valence-electron chi connectivity index (χ3n) is 2.66. The zero-order valence-electron chi connectivity index (χ0n) is 8.75. The number of hydrogen-bond acceptors (Lipinski definition) is 2. The van der Waals surface area contributed by atoms with Crippen LogP contribution in [0.2, 0.25) is 0 Å². The Labute approximate surface area is 84.8 Å². The highest BCUT2D eigenvalue weighted by Gasteiger charge is 2.18. The Kier molecular flexibility index (Phi) is 2.73. The van der Waals surface area contributed by atoms with Gasteiger partial charge in [0.15, 0.2) is 0 Å². The van der Waals surface area contributed by atoms with Crippen LogP contribution in [0.4, 0.5) is 0 Å². The van der Waals surface area contributed by atoms with Crippen LogP contribution in [0.5, 0.6) is 5.75 Å². The van der Waals surface area contributed by atoms with Crippen molar-refractivity contribution in [2.45, 2.75) is 25.9 Å². The van der Waals surface area contributed by atoms with Gasteiger partial charge in [0.1, 0.15) is 5.75 Å². The van der Waals surface area contributed by atoms with Crippen molar-refractivity contribution in [3.05, 3.63) is 29.3 Å². The van der Waals surface area contributed by atoms with Gasteiger partial charge in [0.05, 0.1) is 12.7 Å². The molecule has 0 radical (unpaired) electrons. The molecule has 1 unspecified atom stereocenters. The van der Waals surface area contributed by atoms with Crippen molar-refractivity contribution < 1.29 is 9.47 Å². The topological polar surface area (TPSA) is 18.5 Å². The number of benzene rings is 1. The molecule has 1 aromatic rings. The first-order valence-electron chi connectivity index (χ1n) is 5.07. The largest absolute Gasteiger partial charge is 0.493 e. The monoisotopic (exact) mass is 192 g/mol. The first-order chi connectivity index (χ1) is 6.81. The average Bonchev–Trinajstić information content (AvgIpc) is 2.39. The highest BCUT2D eigenvalue weighted by atomic mass is 16.5. The number of fused-ring (bicyclic) bond motifs is 1. The molecular formula is C12H16O2. The predicted molar refractivity (Wildman–Crippen MR) is 55.7 cm³/mol. The molecule has 1 aliphatic rings. The molecule has 0 saturated carbocycles. The Morgan fingerprint density at radius 1 is 1.43 bits per heavy atom. The van der Waals surface area contributed by atoms with E-state index in [1.165, 1.54) is 11.1 Å². The van der Waals surface area contributed by atoms with E-state index in [1.54, 1.807) is 7.11 Å². The molecular weight excluding hydrogens is 176 g/mol. The van der Waals surface area contributed by atoms with E-state index in [2.05, 4.69) is 19.1 Å². The van der Waals surface area contributed by atoms with E-state index in [4.69, 9.17) is 9.47 Å². The highest BCUT2D eigenvalue weighted by Crippen LogP contribution is 2.33. The van der Waals surface area contributed by atoms with Crippen LogP contribution in [0.1, 0.15) is 30.1 Å². The van der Waals surface area contributed by atoms with Gasteiger partial charge in [-0.15, -0.1) is 0 Å². The lowest BCUT2D eigenvalue weighted by Crippen LogP contribution is -2.00. The first-order valence-corrected chi connectivity index (χ1v) is 5.07. The molecule has 1 aromatic carbocycles. The molecule has 1 atom stereocenters. The van der Waals surface area contributed by atoms with Gasteiger partial charge in [0.2, 0.25) is 0 Å². The summed E-state index contributed by atoms with van der Waals surface area (Å²) < 4.78 is 11.1. The van der Waals surface area contributed by atoms with Gasteiger partial charge in [-0.3, -0.25) is 0 Å². The Morgan fingerprint density at radius 2 is 2.29 bits per heavy atom. The molecule has 0 amide bonds. The van der Waals surface area contributed by atoms with Crippen LogP contribution in [-0.4, -0.2) is 13.7 Å². The summed E-state index contributed by atoms with van der Waals surface area (Å²) in [5.41, 5.74) is 2.46. The molecule has 0 saturated heterocycles. The fourth-order valence-electron chi connectivity index (χ4n) is 1.90. The minimum Gasteiger partial charge on any atom is -0.493 e. The molecule has 0 aromatic heterocycles. The summed E-state index contributed by atoms with van der Waals surface area (Å²) in [6.07, 6.45) is 2.31. The van der Waals surface area contributed by atoms with Gasteiger partial charge in [-0.05, 0) is 31.9 Å². The van der Waals surface area contributed by atoms with Crippen molar-refractivity contribution in [1.29, 1.82) is 0 Å². The van der Waals surface area contributed by atoms with Crippen molar-refractivity contribution in [2.24, 2.45) is 0 Å². The molecule has 2 heteroatoms. The van der Waals surface area contributed by atoms with Crippen molar-refractivity contribution in [3.8, 4) is 5.75 Å². The Morgan fingerprint density at radius 3 is 3.07 bits per heavy atom. The fraction of sp³-hybridized carbons (Fsp3) is 0.500. The second kappa shape index (κ2) is 4.01. The van der Waals surface area contributed by atoms with E-state index in [9.17, 15) is 0 Å². The first kappa shape index (κ1) is 9.53.